The first-order chi connectivity index (χ1) is 15.0. The number of nitrogens with two attached hydrogens (primary N) is 1. The first kappa shape index (κ1) is 21.7. The highest BCUT2D eigenvalue weighted by Crippen LogP contribution is 2.36. The largest absolute Gasteiger partial charge is 0.401 e. The highest BCUT2D eigenvalue weighted by molar-refractivity contribution is 6.31. The quantitative estimate of drug-likeness (QED) is 0.597. The van der Waals surface area contributed by atoms with E-state index in [9.17, 15) is 4.39 Å². The van der Waals surface area contributed by atoms with E-state index in [1.165, 1.54) is 11.1 Å². The van der Waals surface area contributed by atoms with Crippen molar-refractivity contribution in [1.82, 2.24) is 10.2 Å². The van der Waals surface area contributed by atoms with Crippen molar-refractivity contribution in [2.45, 2.75) is 32.7 Å². The van der Waals surface area contributed by atoms with Gasteiger partial charge in [-0.1, -0.05) is 42.8 Å². The molecule has 2 heterocycles. The molecule has 4 N–H and O–H groups in total. The van der Waals surface area contributed by atoms with Gasteiger partial charge < -0.3 is 16.4 Å². The summed E-state index contributed by atoms with van der Waals surface area (Å²) >= 11 is 6.02. The molecular weight excluding hydrogens is 411 g/mol. The Kier molecular flexibility index (Phi) is 6.54. The number of anilines is 1. The van der Waals surface area contributed by atoms with Crippen molar-refractivity contribution < 1.29 is 4.39 Å². The molecule has 0 fully saturated rings. The normalized spacial score (nSPS) is 20.9. The Morgan fingerprint density at radius 2 is 2.16 bits per heavy atom. The number of nitrogens with one attached hydrogen (secondary N) is 2. The molecule has 0 bridgehead atoms. The van der Waals surface area contributed by atoms with E-state index in [2.05, 4.69) is 46.7 Å². The number of nitrogens with zero attached hydrogens (tertiary/aromatic N) is 1. The molecule has 31 heavy (non-hydrogen) atoms. The molecule has 0 saturated carbocycles. The molecule has 0 amide bonds. The predicted octanol–water partition coefficient (Wildman–Crippen LogP) is 5.38. The van der Waals surface area contributed by atoms with Crippen LogP contribution in [-0.4, -0.2) is 31.1 Å². The number of likely N-dealkylation sites (N-methyl/N-ethyl adjacent to an activating group) is 1. The molecule has 6 heteroatoms. The van der Waals surface area contributed by atoms with Gasteiger partial charge in [0.15, 0.2) is 5.82 Å². The van der Waals surface area contributed by atoms with E-state index in [-0.39, 0.29) is 11.1 Å². The minimum atomic E-state index is -0.417. The van der Waals surface area contributed by atoms with Crippen LogP contribution in [0.2, 0.25) is 5.02 Å². The molecule has 164 valence electrons. The Morgan fingerprint density at radius 1 is 1.32 bits per heavy atom. The van der Waals surface area contributed by atoms with Gasteiger partial charge in [0.25, 0.3) is 0 Å². The van der Waals surface area contributed by atoms with E-state index in [1.54, 1.807) is 18.2 Å². The van der Waals surface area contributed by atoms with Gasteiger partial charge in [-0.15, -0.1) is 0 Å². The number of halogens is 2. The fourth-order valence-corrected chi connectivity index (χ4v) is 4.61. The van der Waals surface area contributed by atoms with Crippen molar-refractivity contribution in [2.75, 3.05) is 31.5 Å². The number of hydrogen-bond acceptors (Lipinski definition) is 4. The molecule has 4 rings (SSSR count). The van der Waals surface area contributed by atoms with Crippen LogP contribution in [0.4, 0.5) is 10.1 Å². The molecule has 2 aliphatic heterocycles. The molecule has 0 aromatic heterocycles. The van der Waals surface area contributed by atoms with Crippen molar-refractivity contribution >= 4 is 28.6 Å². The molecule has 0 aliphatic carbocycles. The van der Waals surface area contributed by atoms with Crippen LogP contribution in [0.25, 0.3) is 11.3 Å². The first-order valence-corrected chi connectivity index (χ1v) is 11.3. The van der Waals surface area contributed by atoms with Gasteiger partial charge in [-0.25, -0.2) is 4.39 Å². The lowest BCUT2D eigenvalue weighted by Gasteiger charge is -2.26. The van der Waals surface area contributed by atoms with Crippen LogP contribution in [0.15, 0.2) is 48.2 Å². The van der Waals surface area contributed by atoms with Gasteiger partial charge in [-0.05, 0) is 61.2 Å². The lowest BCUT2D eigenvalue weighted by Crippen LogP contribution is -2.28. The van der Waals surface area contributed by atoms with Crippen LogP contribution in [-0.2, 0) is 0 Å². The number of hydrogen-bond donors (Lipinski definition) is 3. The summed E-state index contributed by atoms with van der Waals surface area (Å²) in [5.41, 5.74) is 13.1. The summed E-state index contributed by atoms with van der Waals surface area (Å²) in [6, 6.07) is 11.6. The lowest BCUT2D eigenvalue weighted by atomic mass is 9.90. The van der Waals surface area contributed by atoms with E-state index >= 15 is 0 Å². The Hall–Kier alpha value is -2.50. The summed E-state index contributed by atoms with van der Waals surface area (Å²) in [5.74, 6) is -0.417. The number of fused-ring (bicyclic) bond motifs is 1. The van der Waals surface area contributed by atoms with E-state index < -0.39 is 5.82 Å². The Balaban J connectivity index is 1.75. The average molecular weight is 441 g/mol. The molecule has 0 saturated heterocycles. The summed E-state index contributed by atoms with van der Waals surface area (Å²) in [6.07, 6.45) is 4.15. The predicted molar refractivity (Wildman–Crippen MR) is 128 cm³/mol. The second-order valence-corrected chi connectivity index (χ2v) is 8.65. The third kappa shape index (κ3) is 4.58. The summed E-state index contributed by atoms with van der Waals surface area (Å²) in [5, 5.41) is 6.99. The molecular formula is C25H30ClFN4. The molecule has 2 aromatic rings. The third-order valence-corrected chi connectivity index (χ3v) is 6.51. The number of benzene rings is 2. The summed E-state index contributed by atoms with van der Waals surface area (Å²) in [4.78, 5) is 2.43. The molecule has 2 aliphatic rings. The van der Waals surface area contributed by atoms with Crippen LogP contribution in [0.3, 0.4) is 0 Å². The Bertz CT molecular complexity index is 1030. The SMILES string of the molecule is CCN1CC=C(c2ccc3c(c2)C(Nc2cccc(Cl)c2F)CCN/C3=C(/C)N)CC1. The maximum Gasteiger partial charge on any atom is 0.164 e. The van der Waals surface area contributed by atoms with Gasteiger partial charge >= 0.3 is 0 Å². The zero-order chi connectivity index (χ0) is 22.0. The van der Waals surface area contributed by atoms with Crippen molar-refractivity contribution in [3.63, 3.8) is 0 Å². The average Bonchev–Trinajstić information content (AvgIpc) is 2.96. The monoisotopic (exact) mass is 440 g/mol. The van der Waals surface area contributed by atoms with Gasteiger partial charge in [0.05, 0.1) is 22.4 Å². The summed E-state index contributed by atoms with van der Waals surface area (Å²) in [7, 11) is 0. The third-order valence-electron chi connectivity index (χ3n) is 6.22. The Morgan fingerprint density at radius 3 is 2.87 bits per heavy atom. The highest BCUT2D eigenvalue weighted by atomic mass is 35.5. The van der Waals surface area contributed by atoms with Gasteiger partial charge in [0, 0.05) is 30.9 Å². The van der Waals surface area contributed by atoms with Crippen molar-refractivity contribution in [1.29, 1.82) is 0 Å². The molecule has 1 unspecified atom stereocenters. The van der Waals surface area contributed by atoms with Crippen molar-refractivity contribution in [2.24, 2.45) is 5.73 Å². The standard InChI is InChI=1S/C25H30ClFN4/c1-3-31-13-10-17(11-14-31)18-7-8-19-20(15-18)22(9-12-29-25(19)16(2)28)30-23-6-4-5-21(26)24(23)27/h4-8,10,15,22,29-30H,3,9,11-14,28H2,1-2H3/b25-16-. The van der Waals surface area contributed by atoms with Gasteiger partial charge in [-0.2, -0.15) is 0 Å². The fourth-order valence-electron chi connectivity index (χ4n) is 4.44. The number of allylic oxidation sites excluding steroid dienone is 1. The van der Waals surface area contributed by atoms with Crippen molar-refractivity contribution in [3.05, 3.63) is 75.7 Å². The van der Waals surface area contributed by atoms with Crippen molar-refractivity contribution in [3.8, 4) is 0 Å². The van der Waals surface area contributed by atoms with Gasteiger partial charge in [0.1, 0.15) is 0 Å². The van der Waals surface area contributed by atoms with Crippen LogP contribution < -0.4 is 16.4 Å². The maximum absolute atomic E-state index is 14.6. The fraction of sp³-hybridized carbons (Fsp3) is 0.360. The zero-order valence-corrected chi connectivity index (χ0v) is 18.9. The number of rotatable bonds is 4. The second-order valence-electron chi connectivity index (χ2n) is 8.25. The molecule has 0 spiro atoms. The topological polar surface area (TPSA) is 53.3 Å². The smallest absolute Gasteiger partial charge is 0.164 e. The first-order valence-electron chi connectivity index (χ1n) is 10.9. The Labute approximate surface area is 189 Å². The summed E-state index contributed by atoms with van der Waals surface area (Å²) < 4.78 is 14.6. The maximum atomic E-state index is 14.6. The van der Waals surface area contributed by atoms with Gasteiger partial charge in [-0.3, -0.25) is 4.90 Å². The lowest BCUT2D eigenvalue weighted by molar-refractivity contribution is 0.319. The van der Waals surface area contributed by atoms with Crippen LogP contribution >= 0.6 is 11.6 Å². The van der Waals surface area contributed by atoms with E-state index in [4.69, 9.17) is 17.3 Å². The molecule has 4 nitrogen and oxygen atoms in total. The minimum absolute atomic E-state index is 0.0661. The van der Waals surface area contributed by atoms with Crippen LogP contribution in [0.1, 0.15) is 49.4 Å². The highest BCUT2D eigenvalue weighted by Gasteiger charge is 2.24. The zero-order valence-electron chi connectivity index (χ0n) is 18.1. The molecule has 0 radical (unpaired) electrons. The van der Waals surface area contributed by atoms with Crippen LogP contribution in [0, 0.1) is 5.82 Å². The van der Waals surface area contributed by atoms with E-state index in [0.717, 1.165) is 61.5 Å². The molecule has 1 atom stereocenters. The van der Waals surface area contributed by atoms with E-state index in [0.29, 0.717) is 5.69 Å². The summed E-state index contributed by atoms with van der Waals surface area (Å²) in [6.45, 7) is 7.97. The van der Waals surface area contributed by atoms with Crippen LogP contribution in [0.5, 0.6) is 0 Å². The molecule has 2 aromatic carbocycles. The van der Waals surface area contributed by atoms with Gasteiger partial charge in [0.2, 0.25) is 0 Å². The second kappa shape index (κ2) is 9.33. The van der Waals surface area contributed by atoms with E-state index in [1.807, 2.05) is 6.92 Å². The minimum Gasteiger partial charge on any atom is -0.401 e.